The number of hydrogen-bond acceptors (Lipinski definition) is 8. The second-order valence-electron chi connectivity index (χ2n) is 8.15. The Morgan fingerprint density at radius 3 is 2.57 bits per heavy atom. The van der Waals surface area contributed by atoms with Crippen LogP contribution in [0.25, 0.3) is 22.2 Å². The van der Waals surface area contributed by atoms with E-state index in [0.29, 0.717) is 38.8 Å². The SMILES string of the molecule is COc1cc2[nH]nc(-c3cnc(N4CCC[C@H]4C#N)nc3)c2cc1O[C@H](C)c1c(Cl)cncc1Cl. The second-order valence-corrected chi connectivity index (χ2v) is 8.96. The highest BCUT2D eigenvalue weighted by atomic mass is 35.5. The van der Waals surface area contributed by atoms with Crippen LogP contribution in [-0.4, -0.2) is 44.8 Å². The normalized spacial score (nSPS) is 16.3. The Balaban J connectivity index is 1.48. The molecule has 1 aromatic carbocycles. The summed E-state index contributed by atoms with van der Waals surface area (Å²) in [6.07, 6.45) is 7.81. The molecular weight excluding hydrogens is 489 g/mol. The van der Waals surface area contributed by atoms with E-state index in [1.165, 1.54) is 12.4 Å². The largest absolute Gasteiger partial charge is 0.493 e. The Labute approximate surface area is 211 Å². The van der Waals surface area contributed by atoms with Crippen molar-refractivity contribution in [2.45, 2.75) is 31.9 Å². The van der Waals surface area contributed by atoms with Gasteiger partial charge in [-0.3, -0.25) is 10.1 Å². The van der Waals surface area contributed by atoms with E-state index < -0.39 is 6.10 Å². The van der Waals surface area contributed by atoms with Gasteiger partial charge in [0.25, 0.3) is 0 Å². The topological polar surface area (TPSA) is 113 Å². The van der Waals surface area contributed by atoms with Crippen molar-refractivity contribution in [3.63, 3.8) is 0 Å². The van der Waals surface area contributed by atoms with E-state index in [0.717, 1.165) is 35.9 Å². The van der Waals surface area contributed by atoms with E-state index in [-0.39, 0.29) is 6.04 Å². The number of H-pyrrole nitrogens is 1. The highest BCUT2D eigenvalue weighted by molar-refractivity contribution is 6.35. The molecule has 9 nitrogen and oxygen atoms in total. The fraction of sp³-hybridized carbons (Fsp3) is 0.292. The van der Waals surface area contributed by atoms with Gasteiger partial charge in [-0.15, -0.1) is 0 Å². The Morgan fingerprint density at radius 2 is 1.89 bits per heavy atom. The summed E-state index contributed by atoms with van der Waals surface area (Å²) >= 11 is 12.6. The maximum Gasteiger partial charge on any atom is 0.226 e. The summed E-state index contributed by atoms with van der Waals surface area (Å²) in [5.41, 5.74) is 2.81. The second kappa shape index (κ2) is 9.56. The van der Waals surface area contributed by atoms with Gasteiger partial charge in [-0.1, -0.05) is 23.2 Å². The van der Waals surface area contributed by atoms with Crippen molar-refractivity contribution in [2.24, 2.45) is 0 Å². The van der Waals surface area contributed by atoms with Crippen LogP contribution in [0.2, 0.25) is 10.0 Å². The van der Waals surface area contributed by atoms with Gasteiger partial charge in [-0.25, -0.2) is 9.97 Å². The molecule has 0 radical (unpaired) electrons. The minimum atomic E-state index is -0.462. The van der Waals surface area contributed by atoms with E-state index in [9.17, 15) is 5.26 Å². The van der Waals surface area contributed by atoms with Crippen LogP contribution in [0.4, 0.5) is 5.95 Å². The molecule has 1 fully saturated rings. The van der Waals surface area contributed by atoms with Crippen LogP contribution in [0, 0.1) is 11.3 Å². The Morgan fingerprint density at radius 1 is 1.14 bits per heavy atom. The number of rotatable bonds is 6. The molecule has 1 N–H and O–H groups in total. The van der Waals surface area contributed by atoms with Gasteiger partial charge in [0, 0.05) is 53.9 Å². The number of aromatic amines is 1. The van der Waals surface area contributed by atoms with Crippen molar-refractivity contribution in [3.05, 3.63) is 52.5 Å². The van der Waals surface area contributed by atoms with Crippen molar-refractivity contribution < 1.29 is 9.47 Å². The number of methoxy groups -OCH3 is 1. The van der Waals surface area contributed by atoms with Crippen molar-refractivity contribution in [1.29, 1.82) is 5.26 Å². The highest BCUT2D eigenvalue weighted by Crippen LogP contribution is 2.40. The molecule has 0 unspecified atom stereocenters. The van der Waals surface area contributed by atoms with E-state index in [4.69, 9.17) is 32.7 Å². The summed E-state index contributed by atoms with van der Waals surface area (Å²) in [6, 6.07) is 5.80. The third-order valence-electron chi connectivity index (χ3n) is 6.02. The van der Waals surface area contributed by atoms with Crippen LogP contribution in [0.1, 0.15) is 31.4 Å². The molecule has 0 spiro atoms. The molecule has 2 atom stereocenters. The van der Waals surface area contributed by atoms with Crippen LogP contribution in [-0.2, 0) is 0 Å². The third kappa shape index (κ3) is 4.31. The molecule has 178 valence electrons. The first-order valence-corrected chi connectivity index (χ1v) is 11.8. The minimum absolute atomic E-state index is 0.191. The molecule has 0 aliphatic carbocycles. The van der Waals surface area contributed by atoms with Gasteiger partial charge in [0.15, 0.2) is 11.5 Å². The number of hydrogen-bond donors (Lipinski definition) is 1. The Hall–Kier alpha value is -3.61. The van der Waals surface area contributed by atoms with Gasteiger partial charge >= 0.3 is 0 Å². The Bertz CT molecular complexity index is 1400. The molecule has 11 heteroatoms. The molecular formula is C24H21Cl2N7O2. The van der Waals surface area contributed by atoms with Crippen LogP contribution in [0.15, 0.2) is 36.9 Å². The summed E-state index contributed by atoms with van der Waals surface area (Å²) in [6.45, 7) is 2.62. The standard InChI is InChI=1S/C24H21Cl2N7O2/c1-13(22-17(25)11-28-12-18(22)26)35-21-6-16-19(7-20(21)34-2)31-32-23(16)14-9-29-24(30-10-14)33-5-3-4-15(33)8-27/h6-7,9-13,15H,3-5H2,1-2H3,(H,31,32)/t13-,15+/m1/s1. The lowest BCUT2D eigenvalue weighted by Gasteiger charge is -2.19. The number of ether oxygens (including phenoxy) is 2. The van der Waals surface area contributed by atoms with E-state index >= 15 is 0 Å². The van der Waals surface area contributed by atoms with Crippen molar-refractivity contribution in [1.82, 2.24) is 25.1 Å². The first-order valence-electron chi connectivity index (χ1n) is 11.0. The summed E-state index contributed by atoms with van der Waals surface area (Å²) in [4.78, 5) is 14.9. The monoisotopic (exact) mass is 509 g/mol. The van der Waals surface area contributed by atoms with Gasteiger partial charge < -0.3 is 14.4 Å². The first kappa shape index (κ1) is 23.1. The maximum atomic E-state index is 9.35. The van der Waals surface area contributed by atoms with Crippen LogP contribution in [0.3, 0.4) is 0 Å². The summed E-state index contributed by atoms with van der Waals surface area (Å²) in [5, 5.41) is 18.5. The molecule has 35 heavy (non-hydrogen) atoms. The number of nitrogens with one attached hydrogen (secondary N) is 1. The van der Waals surface area contributed by atoms with Gasteiger partial charge in [0.05, 0.1) is 28.7 Å². The zero-order valence-corrected chi connectivity index (χ0v) is 20.5. The average Bonchev–Trinajstić information content (AvgIpc) is 3.50. The predicted molar refractivity (Wildman–Crippen MR) is 133 cm³/mol. The number of nitriles is 1. The van der Waals surface area contributed by atoms with Crippen molar-refractivity contribution in [2.75, 3.05) is 18.6 Å². The minimum Gasteiger partial charge on any atom is -0.493 e. The predicted octanol–water partition coefficient (Wildman–Crippen LogP) is 5.36. The van der Waals surface area contributed by atoms with Crippen molar-refractivity contribution >= 4 is 40.1 Å². The molecule has 0 saturated carbocycles. The molecule has 1 aliphatic heterocycles. The zero-order valence-electron chi connectivity index (χ0n) is 19.0. The molecule has 5 rings (SSSR count). The van der Waals surface area contributed by atoms with E-state index in [1.807, 2.05) is 24.0 Å². The number of pyridine rings is 1. The highest BCUT2D eigenvalue weighted by Gasteiger charge is 2.26. The number of fused-ring (bicyclic) bond motifs is 1. The Kier molecular flexibility index (Phi) is 6.32. The molecule has 4 heterocycles. The van der Waals surface area contributed by atoms with E-state index in [1.54, 1.807) is 19.5 Å². The third-order valence-corrected chi connectivity index (χ3v) is 6.62. The van der Waals surface area contributed by atoms with Crippen LogP contribution < -0.4 is 14.4 Å². The lowest BCUT2D eigenvalue weighted by Crippen LogP contribution is -2.29. The zero-order chi connectivity index (χ0) is 24.5. The molecule has 0 bridgehead atoms. The lowest BCUT2D eigenvalue weighted by molar-refractivity contribution is 0.216. The fourth-order valence-corrected chi connectivity index (χ4v) is 4.96. The van der Waals surface area contributed by atoms with Crippen LogP contribution >= 0.6 is 23.2 Å². The number of nitrogens with zero attached hydrogens (tertiary/aromatic N) is 6. The van der Waals surface area contributed by atoms with Crippen molar-refractivity contribution in [3.8, 4) is 28.8 Å². The first-order chi connectivity index (χ1) is 17.0. The fourth-order valence-electron chi connectivity index (χ4n) is 4.29. The number of anilines is 1. The van der Waals surface area contributed by atoms with Gasteiger partial charge in [0.1, 0.15) is 17.8 Å². The van der Waals surface area contributed by atoms with Gasteiger partial charge in [-0.2, -0.15) is 10.4 Å². The molecule has 4 aromatic rings. The smallest absolute Gasteiger partial charge is 0.226 e. The van der Waals surface area contributed by atoms with Gasteiger partial charge in [0.2, 0.25) is 5.95 Å². The lowest BCUT2D eigenvalue weighted by atomic mass is 10.1. The summed E-state index contributed by atoms with van der Waals surface area (Å²) < 4.78 is 11.8. The number of benzene rings is 1. The summed E-state index contributed by atoms with van der Waals surface area (Å²) in [7, 11) is 1.57. The quantitative estimate of drug-likeness (QED) is 0.369. The molecule has 0 amide bonds. The number of halogens is 2. The summed E-state index contributed by atoms with van der Waals surface area (Å²) in [5.74, 6) is 1.58. The molecule has 1 aliphatic rings. The number of aromatic nitrogens is 5. The average molecular weight is 510 g/mol. The molecule has 1 saturated heterocycles. The van der Waals surface area contributed by atoms with E-state index in [2.05, 4.69) is 31.2 Å². The van der Waals surface area contributed by atoms with Crippen LogP contribution in [0.5, 0.6) is 11.5 Å². The van der Waals surface area contributed by atoms with Gasteiger partial charge in [-0.05, 0) is 25.8 Å². The molecule has 3 aromatic heterocycles. The maximum absolute atomic E-state index is 9.35.